The quantitative estimate of drug-likeness (QED) is 0.801. The van der Waals surface area contributed by atoms with E-state index in [0.29, 0.717) is 12.8 Å². The van der Waals surface area contributed by atoms with Crippen molar-refractivity contribution in [3.63, 3.8) is 0 Å². The molecular weight excluding hydrogens is 310 g/mol. The van der Waals surface area contributed by atoms with Crippen LogP contribution in [0, 0.1) is 5.92 Å². The lowest BCUT2D eigenvalue weighted by Crippen LogP contribution is -2.39. The second kappa shape index (κ2) is 7.47. The Bertz CT molecular complexity index is 619. The molecule has 0 heterocycles. The van der Waals surface area contributed by atoms with Gasteiger partial charge in [-0.1, -0.05) is 57.0 Å². The Hall–Kier alpha value is -1.36. The van der Waals surface area contributed by atoms with Crippen molar-refractivity contribution in [3.05, 3.63) is 35.9 Å². The highest BCUT2D eigenvalue weighted by molar-refractivity contribution is 7.92. The summed E-state index contributed by atoms with van der Waals surface area (Å²) in [6.45, 7) is 4.10. The molecule has 2 rings (SSSR count). The monoisotopic (exact) mass is 337 g/mol. The highest BCUT2D eigenvalue weighted by Gasteiger charge is 2.33. The summed E-state index contributed by atoms with van der Waals surface area (Å²) in [7, 11) is -1.62. The minimum atomic E-state index is -3.34. The third kappa shape index (κ3) is 4.34. The fourth-order valence-corrected chi connectivity index (χ4v) is 5.34. The number of rotatable bonds is 6. The average Bonchev–Trinajstić information content (AvgIpc) is 3.02. The molecule has 1 aromatic rings. The maximum atomic E-state index is 12.6. The van der Waals surface area contributed by atoms with Gasteiger partial charge in [0.15, 0.2) is 9.84 Å². The number of benzene rings is 1. The van der Waals surface area contributed by atoms with Gasteiger partial charge in [-0.15, -0.1) is 0 Å². The topological polar surface area (TPSA) is 54.5 Å². The van der Waals surface area contributed by atoms with Gasteiger partial charge in [-0.05, 0) is 24.3 Å². The highest BCUT2D eigenvalue weighted by Crippen LogP contribution is 2.29. The molecule has 0 radical (unpaired) electrons. The molecule has 0 saturated heterocycles. The summed E-state index contributed by atoms with van der Waals surface area (Å²) in [4.78, 5) is 14.2. The summed E-state index contributed by atoms with van der Waals surface area (Å²) in [6, 6.07) is 9.69. The van der Waals surface area contributed by atoms with Crippen molar-refractivity contribution in [1.29, 1.82) is 0 Å². The molecule has 4 nitrogen and oxygen atoms in total. The summed E-state index contributed by atoms with van der Waals surface area (Å²) >= 11 is 0. The first kappa shape index (κ1) is 18.0. The molecule has 1 fully saturated rings. The lowest BCUT2D eigenvalue weighted by molar-refractivity contribution is -0.130. The van der Waals surface area contributed by atoms with Crippen molar-refractivity contribution in [2.45, 2.75) is 50.8 Å². The van der Waals surface area contributed by atoms with E-state index in [1.54, 1.807) is 11.9 Å². The predicted octanol–water partition coefficient (Wildman–Crippen LogP) is 3.20. The smallest absolute Gasteiger partial charge is 0.238 e. The zero-order valence-corrected chi connectivity index (χ0v) is 15.1. The fourth-order valence-electron chi connectivity index (χ4n) is 3.50. The molecule has 0 aliphatic heterocycles. The Morgan fingerprint density at radius 1 is 1.17 bits per heavy atom. The van der Waals surface area contributed by atoms with E-state index in [0.717, 1.165) is 18.4 Å². The minimum Gasteiger partial charge on any atom is -0.338 e. The van der Waals surface area contributed by atoms with E-state index in [4.69, 9.17) is 0 Å². The number of nitrogens with zero attached hydrogens (tertiary/aromatic N) is 1. The summed E-state index contributed by atoms with van der Waals surface area (Å²) in [5, 5.41) is -0.325. The SMILES string of the molecule is CC(C)C(c1ccccc1)N(C)C(=O)CS(=O)(=O)C1CCCC1. The number of sulfone groups is 1. The van der Waals surface area contributed by atoms with Gasteiger partial charge in [0.1, 0.15) is 5.75 Å². The molecule has 0 spiro atoms. The van der Waals surface area contributed by atoms with Gasteiger partial charge >= 0.3 is 0 Å². The summed E-state index contributed by atoms with van der Waals surface area (Å²) < 4.78 is 24.9. The second-order valence-electron chi connectivity index (χ2n) is 6.82. The van der Waals surface area contributed by atoms with Crippen LogP contribution in [0.5, 0.6) is 0 Å². The van der Waals surface area contributed by atoms with Crippen LogP contribution in [0.15, 0.2) is 30.3 Å². The lowest BCUT2D eigenvalue weighted by Gasteiger charge is -2.32. The first-order valence-corrected chi connectivity index (χ1v) is 10.1. The zero-order chi connectivity index (χ0) is 17.0. The summed E-state index contributed by atoms with van der Waals surface area (Å²) in [5.41, 5.74) is 1.04. The lowest BCUT2D eigenvalue weighted by atomic mass is 9.95. The van der Waals surface area contributed by atoms with Gasteiger partial charge in [-0.25, -0.2) is 8.42 Å². The highest BCUT2D eigenvalue weighted by atomic mass is 32.2. The molecule has 1 saturated carbocycles. The van der Waals surface area contributed by atoms with Crippen molar-refractivity contribution < 1.29 is 13.2 Å². The third-order valence-corrected chi connectivity index (χ3v) is 6.85. The Morgan fingerprint density at radius 2 is 1.74 bits per heavy atom. The van der Waals surface area contributed by atoms with E-state index in [1.807, 2.05) is 44.2 Å². The third-order valence-electron chi connectivity index (χ3n) is 4.72. The molecule has 1 aliphatic carbocycles. The molecule has 1 unspecified atom stereocenters. The van der Waals surface area contributed by atoms with E-state index in [9.17, 15) is 13.2 Å². The number of hydrogen-bond donors (Lipinski definition) is 0. The van der Waals surface area contributed by atoms with Crippen molar-refractivity contribution in [2.24, 2.45) is 5.92 Å². The Kier molecular flexibility index (Phi) is 5.84. The van der Waals surface area contributed by atoms with Crippen LogP contribution in [0.2, 0.25) is 0 Å². The number of carbonyl (C=O) groups excluding carboxylic acids is 1. The van der Waals surface area contributed by atoms with Gasteiger partial charge in [0, 0.05) is 7.05 Å². The first-order chi connectivity index (χ1) is 10.8. The normalized spacial score (nSPS) is 17.4. The molecule has 1 amide bonds. The average molecular weight is 337 g/mol. The van der Waals surface area contributed by atoms with Crippen LogP contribution >= 0.6 is 0 Å². The van der Waals surface area contributed by atoms with E-state index in [1.165, 1.54) is 0 Å². The van der Waals surface area contributed by atoms with Crippen molar-refractivity contribution >= 4 is 15.7 Å². The van der Waals surface area contributed by atoms with Crippen LogP contribution in [0.4, 0.5) is 0 Å². The Morgan fingerprint density at radius 3 is 2.26 bits per heavy atom. The Labute approximate surface area is 139 Å². The summed E-state index contributed by atoms with van der Waals surface area (Å²) in [6.07, 6.45) is 3.30. The van der Waals surface area contributed by atoms with Gasteiger partial charge in [0.2, 0.25) is 5.91 Å². The standard InChI is InChI=1S/C18H27NO3S/c1-14(2)18(15-9-5-4-6-10-15)19(3)17(20)13-23(21,22)16-11-7-8-12-16/h4-6,9-10,14,16,18H,7-8,11-13H2,1-3H3. The zero-order valence-electron chi connectivity index (χ0n) is 14.2. The fraction of sp³-hybridized carbons (Fsp3) is 0.611. The molecule has 0 bridgehead atoms. The minimum absolute atomic E-state index is 0.109. The molecular formula is C18H27NO3S. The van der Waals surface area contributed by atoms with E-state index in [2.05, 4.69) is 0 Å². The van der Waals surface area contributed by atoms with Gasteiger partial charge in [-0.3, -0.25) is 4.79 Å². The number of hydrogen-bond acceptors (Lipinski definition) is 3. The van der Waals surface area contributed by atoms with E-state index < -0.39 is 9.84 Å². The van der Waals surface area contributed by atoms with Gasteiger partial charge < -0.3 is 4.90 Å². The molecule has 23 heavy (non-hydrogen) atoms. The van der Waals surface area contributed by atoms with Crippen LogP contribution in [-0.2, 0) is 14.6 Å². The molecule has 5 heteroatoms. The largest absolute Gasteiger partial charge is 0.338 e. The summed E-state index contributed by atoms with van der Waals surface area (Å²) in [5.74, 6) is -0.468. The van der Waals surface area contributed by atoms with Crippen LogP contribution in [-0.4, -0.2) is 37.3 Å². The van der Waals surface area contributed by atoms with Crippen LogP contribution < -0.4 is 0 Å². The van der Waals surface area contributed by atoms with Gasteiger partial charge in [0.25, 0.3) is 0 Å². The first-order valence-electron chi connectivity index (χ1n) is 8.35. The number of amides is 1. The number of carbonyl (C=O) groups is 1. The van der Waals surface area contributed by atoms with Gasteiger partial charge in [0.05, 0.1) is 11.3 Å². The van der Waals surface area contributed by atoms with Gasteiger partial charge in [-0.2, -0.15) is 0 Å². The van der Waals surface area contributed by atoms with Crippen molar-refractivity contribution in [2.75, 3.05) is 12.8 Å². The van der Waals surface area contributed by atoms with Crippen molar-refractivity contribution in [1.82, 2.24) is 4.90 Å². The molecule has 1 atom stereocenters. The van der Waals surface area contributed by atoms with Crippen molar-refractivity contribution in [3.8, 4) is 0 Å². The molecule has 1 aliphatic rings. The van der Waals surface area contributed by atoms with Crippen LogP contribution in [0.3, 0.4) is 0 Å². The van der Waals surface area contributed by atoms with E-state index in [-0.39, 0.29) is 28.9 Å². The predicted molar refractivity (Wildman–Crippen MR) is 92.8 cm³/mol. The van der Waals surface area contributed by atoms with E-state index >= 15 is 0 Å². The maximum absolute atomic E-state index is 12.6. The second-order valence-corrected chi connectivity index (χ2v) is 9.10. The maximum Gasteiger partial charge on any atom is 0.238 e. The molecule has 1 aromatic carbocycles. The van der Waals surface area contributed by atoms with Crippen LogP contribution in [0.1, 0.15) is 51.1 Å². The molecule has 128 valence electrons. The van der Waals surface area contributed by atoms with Crippen LogP contribution in [0.25, 0.3) is 0 Å². The molecule has 0 aromatic heterocycles. The Balaban J connectivity index is 2.13. The molecule has 0 N–H and O–H groups in total.